The number of methoxy groups -OCH3 is 1. The second-order valence-corrected chi connectivity index (χ2v) is 5.98. The normalized spacial score (nSPS) is 10.4. The molecule has 27 heavy (non-hydrogen) atoms. The predicted octanol–water partition coefficient (Wildman–Crippen LogP) is 3.30. The second-order valence-electron chi connectivity index (χ2n) is 5.98. The van der Waals surface area contributed by atoms with Crippen LogP contribution >= 0.6 is 0 Å². The van der Waals surface area contributed by atoms with E-state index in [1.807, 2.05) is 48.5 Å². The van der Waals surface area contributed by atoms with Crippen LogP contribution in [0.15, 0.2) is 53.3 Å². The zero-order valence-corrected chi connectivity index (χ0v) is 15.4. The minimum Gasteiger partial charge on any atom is -0.497 e. The summed E-state index contributed by atoms with van der Waals surface area (Å²) in [5.74, 6) is 1.81. The van der Waals surface area contributed by atoms with Crippen molar-refractivity contribution in [3.8, 4) is 11.5 Å². The van der Waals surface area contributed by atoms with Gasteiger partial charge in [-0.1, -0.05) is 25.1 Å². The summed E-state index contributed by atoms with van der Waals surface area (Å²) >= 11 is 0. The minimum atomic E-state index is -0.276. The molecule has 3 rings (SSSR count). The molecule has 3 aromatic rings. The highest BCUT2D eigenvalue weighted by atomic mass is 16.5. The van der Waals surface area contributed by atoms with E-state index in [0.29, 0.717) is 18.7 Å². The quantitative estimate of drug-likeness (QED) is 0.636. The van der Waals surface area contributed by atoms with Gasteiger partial charge in [-0.3, -0.25) is 9.78 Å². The van der Waals surface area contributed by atoms with Gasteiger partial charge in [-0.15, -0.1) is 10.2 Å². The molecule has 0 radical (unpaired) electrons. The van der Waals surface area contributed by atoms with Gasteiger partial charge in [0, 0.05) is 18.2 Å². The summed E-state index contributed by atoms with van der Waals surface area (Å²) in [4.78, 5) is 15.0. The van der Waals surface area contributed by atoms with Crippen LogP contribution in [0.1, 0.15) is 24.6 Å². The molecule has 0 atom stereocenters. The van der Waals surface area contributed by atoms with Crippen molar-refractivity contribution in [2.24, 2.45) is 0 Å². The number of H-pyrrole nitrogens is 1. The first-order valence-electron chi connectivity index (χ1n) is 8.76. The summed E-state index contributed by atoms with van der Waals surface area (Å²) in [5.41, 5.74) is 1.79. The lowest BCUT2D eigenvalue weighted by Crippen LogP contribution is -2.18. The molecule has 0 aliphatic rings. The van der Waals surface area contributed by atoms with Crippen LogP contribution in [0.5, 0.6) is 11.5 Å². The Bertz CT molecular complexity index is 938. The number of rotatable bonds is 8. The van der Waals surface area contributed by atoms with Crippen LogP contribution in [-0.4, -0.2) is 28.9 Å². The van der Waals surface area contributed by atoms with Crippen molar-refractivity contribution in [1.29, 1.82) is 0 Å². The molecule has 0 bridgehead atoms. The highest BCUT2D eigenvalue weighted by Crippen LogP contribution is 2.19. The molecule has 0 aliphatic heterocycles. The lowest BCUT2D eigenvalue weighted by atomic mass is 10.1. The van der Waals surface area contributed by atoms with E-state index < -0.39 is 0 Å². The fourth-order valence-corrected chi connectivity index (χ4v) is 2.49. The second kappa shape index (κ2) is 8.84. The molecule has 7 nitrogen and oxygen atoms in total. The topological polar surface area (TPSA) is 89.1 Å². The third kappa shape index (κ3) is 5.07. The third-order valence-corrected chi connectivity index (χ3v) is 3.86. The molecule has 1 heterocycles. The zero-order chi connectivity index (χ0) is 19.1. The van der Waals surface area contributed by atoms with Crippen molar-refractivity contribution in [3.05, 3.63) is 70.1 Å². The molecule has 0 unspecified atom stereocenters. The first kappa shape index (κ1) is 18.4. The molecule has 0 aliphatic carbocycles. The van der Waals surface area contributed by atoms with Gasteiger partial charge in [0.25, 0.3) is 5.56 Å². The van der Waals surface area contributed by atoms with Gasteiger partial charge in [-0.25, -0.2) is 0 Å². The summed E-state index contributed by atoms with van der Waals surface area (Å²) in [6.45, 7) is 2.70. The first-order chi connectivity index (χ1) is 13.2. The maximum Gasteiger partial charge on any atom is 0.274 e. The van der Waals surface area contributed by atoms with Crippen molar-refractivity contribution in [2.45, 2.75) is 19.8 Å². The summed E-state index contributed by atoms with van der Waals surface area (Å²) in [6, 6.07) is 15.0. The number of aromatic amines is 1. The fraction of sp³-hybridized carbons (Fsp3) is 0.250. The van der Waals surface area contributed by atoms with Crippen molar-refractivity contribution >= 4 is 11.6 Å². The molecule has 0 spiro atoms. The van der Waals surface area contributed by atoms with E-state index in [0.717, 1.165) is 29.2 Å². The molecule has 0 saturated carbocycles. The first-order valence-corrected chi connectivity index (χ1v) is 8.76. The van der Waals surface area contributed by atoms with Gasteiger partial charge >= 0.3 is 0 Å². The highest BCUT2D eigenvalue weighted by Gasteiger charge is 2.07. The van der Waals surface area contributed by atoms with Gasteiger partial charge in [-0.2, -0.15) is 0 Å². The zero-order valence-electron chi connectivity index (χ0n) is 15.4. The fourth-order valence-electron chi connectivity index (χ4n) is 2.49. The van der Waals surface area contributed by atoms with Crippen LogP contribution in [0, 0.1) is 0 Å². The van der Waals surface area contributed by atoms with E-state index in [1.54, 1.807) is 7.11 Å². The standard InChI is InChI=1S/C20H22N4O3/c1-3-11-27-17-6-4-5-15(13-17)21-20-22-19(25)18(23-24-20)12-14-7-9-16(26-2)10-8-14/h4-10,13H,3,11-12H2,1-2H3,(H2,21,22,24,25). The van der Waals surface area contributed by atoms with E-state index in [9.17, 15) is 4.79 Å². The largest absolute Gasteiger partial charge is 0.497 e. The summed E-state index contributed by atoms with van der Waals surface area (Å²) in [5, 5.41) is 11.2. The molecular formula is C20H22N4O3. The van der Waals surface area contributed by atoms with Crippen LogP contribution in [0.3, 0.4) is 0 Å². The van der Waals surface area contributed by atoms with E-state index in [-0.39, 0.29) is 11.5 Å². The average Bonchev–Trinajstić information content (AvgIpc) is 2.69. The number of aromatic nitrogens is 3. The molecule has 140 valence electrons. The van der Waals surface area contributed by atoms with Crippen LogP contribution in [0.25, 0.3) is 0 Å². The lowest BCUT2D eigenvalue weighted by molar-refractivity contribution is 0.317. The van der Waals surface area contributed by atoms with E-state index >= 15 is 0 Å². The Hall–Kier alpha value is -3.35. The number of nitrogens with zero attached hydrogens (tertiary/aromatic N) is 2. The van der Waals surface area contributed by atoms with Gasteiger partial charge < -0.3 is 14.8 Å². The highest BCUT2D eigenvalue weighted by molar-refractivity contribution is 5.55. The third-order valence-electron chi connectivity index (χ3n) is 3.86. The molecular weight excluding hydrogens is 344 g/mol. The Balaban J connectivity index is 1.70. The minimum absolute atomic E-state index is 0.276. The van der Waals surface area contributed by atoms with Gasteiger partial charge in [0.15, 0.2) is 0 Å². The molecule has 0 fully saturated rings. The molecule has 7 heteroatoms. The lowest BCUT2D eigenvalue weighted by Gasteiger charge is -2.08. The average molecular weight is 366 g/mol. The number of benzene rings is 2. The number of ether oxygens (including phenoxy) is 2. The van der Waals surface area contributed by atoms with Crippen LogP contribution in [0.4, 0.5) is 11.6 Å². The smallest absolute Gasteiger partial charge is 0.274 e. The van der Waals surface area contributed by atoms with Crippen LogP contribution < -0.4 is 20.3 Å². The maximum absolute atomic E-state index is 12.3. The molecule has 1 aromatic heterocycles. The Labute approximate surface area is 157 Å². The van der Waals surface area contributed by atoms with Crippen molar-refractivity contribution in [1.82, 2.24) is 15.2 Å². The summed E-state index contributed by atoms with van der Waals surface area (Å²) < 4.78 is 10.7. The van der Waals surface area contributed by atoms with Gasteiger partial charge in [0.05, 0.1) is 13.7 Å². The van der Waals surface area contributed by atoms with E-state index in [2.05, 4.69) is 27.4 Å². The number of anilines is 2. The van der Waals surface area contributed by atoms with Crippen molar-refractivity contribution in [3.63, 3.8) is 0 Å². The maximum atomic E-state index is 12.3. The van der Waals surface area contributed by atoms with E-state index in [4.69, 9.17) is 9.47 Å². The Morgan fingerprint density at radius 2 is 1.89 bits per heavy atom. The molecule has 2 aromatic carbocycles. The summed E-state index contributed by atoms with van der Waals surface area (Å²) in [7, 11) is 1.61. The van der Waals surface area contributed by atoms with Crippen molar-refractivity contribution in [2.75, 3.05) is 19.0 Å². The summed E-state index contributed by atoms with van der Waals surface area (Å²) in [6.07, 6.45) is 1.33. The number of hydrogen-bond acceptors (Lipinski definition) is 6. The van der Waals surface area contributed by atoms with E-state index in [1.165, 1.54) is 0 Å². The Kier molecular flexibility index (Phi) is 6.04. The van der Waals surface area contributed by atoms with Gasteiger partial charge in [0.2, 0.25) is 5.95 Å². The number of hydrogen-bond donors (Lipinski definition) is 2. The van der Waals surface area contributed by atoms with Crippen LogP contribution in [0.2, 0.25) is 0 Å². The van der Waals surface area contributed by atoms with Gasteiger partial charge in [-0.05, 0) is 36.2 Å². The SMILES string of the molecule is CCCOc1cccc(Nc2nnc(Cc3ccc(OC)cc3)c(=O)[nH]2)c1. The molecule has 0 amide bonds. The molecule has 2 N–H and O–H groups in total. The Morgan fingerprint density at radius 1 is 1.07 bits per heavy atom. The van der Waals surface area contributed by atoms with Gasteiger partial charge in [0.1, 0.15) is 17.2 Å². The Morgan fingerprint density at radius 3 is 2.59 bits per heavy atom. The van der Waals surface area contributed by atoms with Crippen molar-refractivity contribution < 1.29 is 9.47 Å². The van der Waals surface area contributed by atoms with Crippen LogP contribution in [-0.2, 0) is 6.42 Å². The number of nitrogens with one attached hydrogen (secondary N) is 2. The predicted molar refractivity (Wildman–Crippen MR) is 104 cm³/mol. The molecule has 0 saturated heterocycles. The monoisotopic (exact) mass is 366 g/mol.